The van der Waals surface area contributed by atoms with E-state index in [1.165, 1.54) is 0 Å². The molecule has 1 heterocycles. The fraction of sp³-hybridized carbons (Fsp3) is 0.0909. The lowest BCUT2D eigenvalue weighted by atomic mass is 10.2. The Labute approximate surface area is 81.8 Å². The molecular formula is C11H10N2O. The van der Waals surface area contributed by atoms with Gasteiger partial charge >= 0.3 is 0 Å². The predicted octanol–water partition coefficient (Wildman–Crippen LogP) is 2.11. The van der Waals surface area contributed by atoms with E-state index in [1.54, 1.807) is 0 Å². The largest absolute Gasteiger partial charge is 0.329 e. The third-order valence-corrected chi connectivity index (χ3v) is 2.05. The fourth-order valence-corrected chi connectivity index (χ4v) is 1.39. The van der Waals surface area contributed by atoms with E-state index in [2.05, 4.69) is 10.3 Å². The molecule has 3 nitrogen and oxygen atoms in total. The highest BCUT2D eigenvalue weighted by atomic mass is 16.1. The highest BCUT2D eigenvalue weighted by Gasteiger charge is 1.96. The molecular weight excluding hydrogens is 176 g/mol. The Morgan fingerprint density at radius 3 is 2.93 bits per heavy atom. The second kappa shape index (κ2) is 3.46. The van der Waals surface area contributed by atoms with Crippen LogP contribution in [0.2, 0.25) is 0 Å². The van der Waals surface area contributed by atoms with Crippen molar-refractivity contribution in [3.05, 3.63) is 36.0 Å². The predicted molar refractivity (Wildman–Crippen MR) is 56.2 cm³/mol. The van der Waals surface area contributed by atoms with Crippen LogP contribution in [0, 0.1) is 6.92 Å². The van der Waals surface area contributed by atoms with E-state index in [0.29, 0.717) is 6.41 Å². The number of nitrogens with zero attached hydrogens (tertiary/aromatic N) is 1. The average molecular weight is 186 g/mol. The van der Waals surface area contributed by atoms with Crippen LogP contribution in [-0.4, -0.2) is 11.4 Å². The van der Waals surface area contributed by atoms with Crippen molar-refractivity contribution in [2.24, 2.45) is 0 Å². The van der Waals surface area contributed by atoms with Crippen LogP contribution in [0.25, 0.3) is 10.9 Å². The Hall–Kier alpha value is -1.90. The minimum atomic E-state index is 0.669. The van der Waals surface area contributed by atoms with E-state index >= 15 is 0 Å². The van der Waals surface area contributed by atoms with Crippen LogP contribution in [0.15, 0.2) is 30.3 Å². The van der Waals surface area contributed by atoms with Crippen LogP contribution in [0.5, 0.6) is 0 Å². The standard InChI is InChI=1S/C11H10N2O/c1-8-2-3-9-6-10(12-7-14)4-5-11(9)13-8/h2-7H,1H3,(H,12,14). The number of aryl methyl sites for hydroxylation is 1. The number of hydrogen-bond acceptors (Lipinski definition) is 2. The summed E-state index contributed by atoms with van der Waals surface area (Å²) in [6.07, 6.45) is 0.669. The second-order valence-electron chi connectivity index (χ2n) is 3.12. The Bertz CT molecular complexity index is 480. The average Bonchev–Trinajstić information content (AvgIpc) is 2.19. The van der Waals surface area contributed by atoms with Crippen molar-refractivity contribution < 1.29 is 4.79 Å². The number of nitrogens with one attached hydrogen (secondary N) is 1. The number of anilines is 1. The third-order valence-electron chi connectivity index (χ3n) is 2.05. The minimum absolute atomic E-state index is 0.669. The van der Waals surface area contributed by atoms with Crippen molar-refractivity contribution >= 4 is 23.0 Å². The van der Waals surface area contributed by atoms with E-state index < -0.39 is 0 Å². The molecule has 1 aromatic carbocycles. The van der Waals surface area contributed by atoms with Gasteiger partial charge < -0.3 is 5.32 Å². The minimum Gasteiger partial charge on any atom is -0.329 e. The van der Waals surface area contributed by atoms with E-state index in [9.17, 15) is 4.79 Å². The maximum atomic E-state index is 10.2. The lowest BCUT2D eigenvalue weighted by Crippen LogP contribution is -1.93. The Balaban J connectivity index is 2.55. The molecule has 14 heavy (non-hydrogen) atoms. The van der Waals surface area contributed by atoms with Gasteiger partial charge in [-0.25, -0.2) is 0 Å². The van der Waals surface area contributed by atoms with E-state index in [-0.39, 0.29) is 0 Å². The molecule has 0 fully saturated rings. The van der Waals surface area contributed by atoms with Crippen LogP contribution in [0.4, 0.5) is 5.69 Å². The smallest absolute Gasteiger partial charge is 0.211 e. The molecule has 1 aromatic heterocycles. The number of carbonyl (C=O) groups is 1. The van der Waals surface area contributed by atoms with Gasteiger partial charge in [0.1, 0.15) is 0 Å². The Morgan fingerprint density at radius 2 is 2.14 bits per heavy atom. The Morgan fingerprint density at radius 1 is 1.29 bits per heavy atom. The van der Waals surface area contributed by atoms with Gasteiger partial charge in [0.05, 0.1) is 5.52 Å². The number of rotatable bonds is 2. The van der Waals surface area contributed by atoms with Crippen molar-refractivity contribution in [1.82, 2.24) is 4.98 Å². The first-order chi connectivity index (χ1) is 6.79. The number of aromatic nitrogens is 1. The van der Waals surface area contributed by atoms with Crippen molar-refractivity contribution in [3.8, 4) is 0 Å². The van der Waals surface area contributed by atoms with Gasteiger partial charge in [0, 0.05) is 16.8 Å². The second-order valence-corrected chi connectivity index (χ2v) is 3.12. The van der Waals surface area contributed by atoms with Gasteiger partial charge in [-0.2, -0.15) is 0 Å². The van der Waals surface area contributed by atoms with Crippen LogP contribution in [0.1, 0.15) is 5.69 Å². The zero-order valence-corrected chi connectivity index (χ0v) is 7.82. The number of hydrogen-bond donors (Lipinski definition) is 1. The SMILES string of the molecule is Cc1ccc2cc(NC=O)ccc2n1. The van der Waals surface area contributed by atoms with Gasteiger partial charge in [-0.3, -0.25) is 9.78 Å². The molecule has 0 bridgehead atoms. The van der Waals surface area contributed by atoms with Crippen molar-refractivity contribution in [2.75, 3.05) is 5.32 Å². The van der Waals surface area contributed by atoms with Crippen LogP contribution in [-0.2, 0) is 4.79 Å². The lowest BCUT2D eigenvalue weighted by molar-refractivity contribution is -0.105. The summed E-state index contributed by atoms with van der Waals surface area (Å²) >= 11 is 0. The number of pyridine rings is 1. The van der Waals surface area contributed by atoms with E-state index in [4.69, 9.17) is 0 Å². The number of benzene rings is 1. The summed E-state index contributed by atoms with van der Waals surface area (Å²) in [5.41, 5.74) is 2.73. The molecule has 2 aromatic rings. The molecule has 0 saturated heterocycles. The first kappa shape index (κ1) is 8.69. The normalized spacial score (nSPS) is 10.1. The first-order valence-corrected chi connectivity index (χ1v) is 4.37. The van der Waals surface area contributed by atoms with Crippen molar-refractivity contribution in [1.29, 1.82) is 0 Å². The summed E-state index contributed by atoms with van der Waals surface area (Å²) in [4.78, 5) is 14.6. The highest BCUT2D eigenvalue weighted by Crippen LogP contribution is 2.17. The monoisotopic (exact) mass is 186 g/mol. The molecule has 1 N–H and O–H groups in total. The maximum Gasteiger partial charge on any atom is 0.211 e. The first-order valence-electron chi connectivity index (χ1n) is 4.37. The van der Waals surface area contributed by atoms with Crippen molar-refractivity contribution in [2.45, 2.75) is 6.92 Å². The molecule has 70 valence electrons. The molecule has 1 amide bonds. The number of amides is 1. The number of fused-ring (bicyclic) bond motifs is 1. The van der Waals surface area contributed by atoms with Gasteiger partial charge in [0.2, 0.25) is 6.41 Å². The molecule has 0 spiro atoms. The van der Waals surface area contributed by atoms with Crippen LogP contribution < -0.4 is 5.32 Å². The zero-order chi connectivity index (χ0) is 9.97. The lowest BCUT2D eigenvalue weighted by Gasteiger charge is -2.01. The summed E-state index contributed by atoms with van der Waals surface area (Å²) in [6.45, 7) is 1.96. The topological polar surface area (TPSA) is 42.0 Å². The highest BCUT2D eigenvalue weighted by molar-refractivity contribution is 5.85. The zero-order valence-electron chi connectivity index (χ0n) is 7.82. The Kier molecular flexibility index (Phi) is 2.14. The molecule has 2 rings (SSSR count). The number of carbonyl (C=O) groups excluding carboxylic acids is 1. The summed E-state index contributed by atoms with van der Waals surface area (Å²) in [5, 5.41) is 3.64. The summed E-state index contributed by atoms with van der Waals surface area (Å²) < 4.78 is 0. The van der Waals surface area contributed by atoms with Gasteiger partial charge in [0.25, 0.3) is 0 Å². The molecule has 0 atom stereocenters. The summed E-state index contributed by atoms with van der Waals surface area (Å²) in [5.74, 6) is 0. The molecule has 0 saturated carbocycles. The molecule has 3 heteroatoms. The van der Waals surface area contributed by atoms with Crippen molar-refractivity contribution in [3.63, 3.8) is 0 Å². The van der Waals surface area contributed by atoms with Crippen LogP contribution >= 0.6 is 0 Å². The van der Waals surface area contributed by atoms with E-state index in [1.807, 2.05) is 37.3 Å². The van der Waals surface area contributed by atoms with Gasteiger partial charge in [-0.05, 0) is 31.2 Å². The quantitative estimate of drug-likeness (QED) is 0.730. The fourth-order valence-electron chi connectivity index (χ4n) is 1.39. The molecule has 0 aliphatic heterocycles. The van der Waals surface area contributed by atoms with Crippen LogP contribution in [0.3, 0.4) is 0 Å². The molecule has 0 aliphatic rings. The summed E-state index contributed by atoms with van der Waals surface area (Å²) in [6, 6.07) is 9.58. The summed E-state index contributed by atoms with van der Waals surface area (Å²) in [7, 11) is 0. The van der Waals surface area contributed by atoms with Gasteiger partial charge in [-0.1, -0.05) is 6.07 Å². The molecule has 0 unspecified atom stereocenters. The molecule has 0 aliphatic carbocycles. The van der Waals surface area contributed by atoms with Gasteiger partial charge in [0.15, 0.2) is 0 Å². The van der Waals surface area contributed by atoms with Gasteiger partial charge in [-0.15, -0.1) is 0 Å². The third kappa shape index (κ3) is 1.57. The molecule has 0 radical (unpaired) electrons. The maximum absolute atomic E-state index is 10.2. The van der Waals surface area contributed by atoms with E-state index in [0.717, 1.165) is 22.3 Å².